The fourth-order valence-corrected chi connectivity index (χ4v) is 5.80. The zero-order valence-corrected chi connectivity index (χ0v) is 18.6. The molecule has 0 aliphatic carbocycles. The molecule has 2 aromatic carbocycles. The van der Waals surface area contributed by atoms with Crippen LogP contribution in [0.15, 0.2) is 47.4 Å². The lowest BCUT2D eigenvalue weighted by Crippen LogP contribution is -2.28. The molecule has 0 bridgehead atoms. The number of nitrogens with zero attached hydrogens (tertiary/aromatic N) is 2. The summed E-state index contributed by atoms with van der Waals surface area (Å²) in [4.78, 5) is 28.0. The van der Waals surface area contributed by atoms with Gasteiger partial charge in [0, 0.05) is 30.1 Å². The Hall–Kier alpha value is -2.72. The summed E-state index contributed by atoms with van der Waals surface area (Å²) in [6.45, 7) is 0.603. The Kier molecular flexibility index (Phi) is 5.85. The van der Waals surface area contributed by atoms with Crippen LogP contribution < -0.4 is 14.5 Å². The number of phenols is 1. The first-order valence-electron chi connectivity index (χ1n) is 9.87. The SMILES string of the molecule is CSc1ccc(N2CC(C(=O)Nc3cc(N4CCCS4(=O)=O)ccc3O)CC2=O)cc1. The maximum Gasteiger partial charge on any atom is 0.235 e. The van der Waals surface area contributed by atoms with E-state index >= 15 is 0 Å². The van der Waals surface area contributed by atoms with Gasteiger partial charge >= 0.3 is 0 Å². The van der Waals surface area contributed by atoms with Gasteiger partial charge in [-0.3, -0.25) is 13.9 Å². The standard InChI is InChI=1S/C21H23N3O5S2/c1-30-17-6-3-15(4-7-17)23-13-14(11-20(23)26)21(27)22-18-12-16(5-8-19(18)25)24-9-2-10-31(24,28)29/h3-8,12,14,25H,2,9-11,13H2,1H3,(H,22,27). The summed E-state index contributed by atoms with van der Waals surface area (Å²) >= 11 is 1.61. The van der Waals surface area contributed by atoms with Crippen LogP contribution in [-0.4, -0.2) is 50.4 Å². The molecule has 2 N–H and O–H groups in total. The molecule has 0 saturated carbocycles. The van der Waals surface area contributed by atoms with Crippen molar-refractivity contribution >= 4 is 50.7 Å². The Morgan fingerprint density at radius 1 is 1.16 bits per heavy atom. The van der Waals surface area contributed by atoms with Gasteiger partial charge in [-0.25, -0.2) is 8.42 Å². The number of carbonyl (C=O) groups excluding carboxylic acids is 2. The second-order valence-corrected chi connectivity index (χ2v) is 10.4. The first-order valence-corrected chi connectivity index (χ1v) is 12.7. The Labute approximate surface area is 185 Å². The largest absolute Gasteiger partial charge is 0.506 e. The molecule has 8 nitrogen and oxygen atoms in total. The number of aromatic hydroxyl groups is 1. The van der Waals surface area contributed by atoms with Crippen LogP contribution in [0.1, 0.15) is 12.8 Å². The van der Waals surface area contributed by atoms with Gasteiger partial charge in [-0.1, -0.05) is 0 Å². The number of rotatable bonds is 5. The van der Waals surface area contributed by atoms with Gasteiger partial charge < -0.3 is 15.3 Å². The molecule has 2 aromatic rings. The summed E-state index contributed by atoms with van der Waals surface area (Å²) in [7, 11) is -3.38. The van der Waals surface area contributed by atoms with Gasteiger partial charge in [0.25, 0.3) is 0 Å². The van der Waals surface area contributed by atoms with Gasteiger partial charge in [0.2, 0.25) is 21.8 Å². The Bertz CT molecular complexity index is 1120. The van der Waals surface area contributed by atoms with Crippen LogP contribution in [0.5, 0.6) is 5.75 Å². The maximum atomic E-state index is 12.8. The summed E-state index contributed by atoms with van der Waals surface area (Å²) in [6, 6.07) is 11.9. The van der Waals surface area contributed by atoms with Crippen molar-refractivity contribution in [1.82, 2.24) is 0 Å². The second kappa shape index (κ2) is 8.43. The fraction of sp³-hybridized carbons (Fsp3) is 0.333. The lowest BCUT2D eigenvalue weighted by atomic mass is 10.1. The number of amides is 2. The molecule has 2 amide bonds. The Balaban J connectivity index is 1.48. The molecular formula is C21H23N3O5S2. The summed E-state index contributed by atoms with van der Waals surface area (Å²) < 4.78 is 25.6. The van der Waals surface area contributed by atoms with E-state index in [1.54, 1.807) is 16.7 Å². The van der Waals surface area contributed by atoms with E-state index in [4.69, 9.17) is 0 Å². The zero-order chi connectivity index (χ0) is 22.2. The molecule has 2 fully saturated rings. The number of phenolic OH excluding ortho intramolecular Hbond substituents is 1. The minimum Gasteiger partial charge on any atom is -0.506 e. The van der Waals surface area contributed by atoms with Crippen molar-refractivity contribution in [2.24, 2.45) is 5.92 Å². The molecule has 0 radical (unpaired) electrons. The third-order valence-corrected chi connectivity index (χ3v) is 8.12. The highest BCUT2D eigenvalue weighted by Crippen LogP contribution is 2.33. The van der Waals surface area contributed by atoms with E-state index in [1.807, 2.05) is 30.5 Å². The van der Waals surface area contributed by atoms with Gasteiger partial charge in [0.1, 0.15) is 5.75 Å². The van der Waals surface area contributed by atoms with Crippen molar-refractivity contribution in [2.75, 3.05) is 39.6 Å². The predicted octanol–water partition coefficient (Wildman–Crippen LogP) is 2.65. The van der Waals surface area contributed by atoms with E-state index in [-0.39, 0.29) is 36.1 Å². The summed E-state index contributed by atoms with van der Waals surface area (Å²) in [5, 5.41) is 12.8. The van der Waals surface area contributed by atoms with Crippen molar-refractivity contribution < 1.29 is 23.1 Å². The van der Waals surface area contributed by atoms with Crippen LogP contribution in [0, 0.1) is 5.92 Å². The average Bonchev–Trinajstić information content (AvgIpc) is 3.31. The molecule has 2 saturated heterocycles. The molecule has 0 aromatic heterocycles. The van der Waals surface area contributed by atoms with E-state index in [0.717, 1.165) is 10.6 Å². The van der Waals surface area contributed by atoms with Gasteiger partial charge in [-0.2, -0.15) is 0 Å². The van der Waals surface area contributed by atoms with E-state index < -0.39 is 21.8 Å². The second-order valence-electron chi connectivity index (χ2n) is 7.54. The maximum absolute atomic E-state index is 12.8. The number of hydrogen-bond donors (Lipinski definition) is 2. The molecule has 2 heterocycles. The topological polar surface area (TPSA) is 107 Å². The molecule has 2 aliphatic heterocycles. The number of benzene rings is 2. The summed E-state index contributed by atoms with van der Waals surface area (Å²) in [6.07, 6.45) is 2.57. The first kappa shape index (κ1) is 21.5. The van der Waals surface area contributed by atoms with Crippen molar-refractivity contribution in [3.8, 4) is 5.75 Å². The fourth-order valence-electron chi connectivity index (χ4n) is 3.84. The molecule has 1 unspecified atom stereocenters. The van der Waals surface area contributed by atoms with Crippen LogP contribution in [-0.2, 0) is 19.6 Å². The van der Waals surface area contributed by atoms with Gasteiger partial charge in [0.05, 0.1) is 23.0 Å². The van der Waals surface area contributed by atoms with Crippen LogP contribution >= 0.6 is 11.8 Å². The molecule has 10 heteroatoms. The molecule has 164 valence electrons. The van der Waals surface area contributed by atoms with E-state index in [2.05, 4.69) is 5.32 Å². The normalized spacial score (nSPS) is 20.3. The van der Waals surface area contributed by atoms with Crippen LogP contribution in [0.4, 0.5) is 17.1 Å². The van der Waals surface area contributed by atoms with E-state index in [9.17, 15) is 23.1 Å². The highest BCUT2D eigenvalue weighted by atomic mass is 32.2. The van der Waals surface area contributed by atoms with Gasteiger partial charge in [0.15, 0.2) is 0 Å². The molecule has 4 rings (SSSR count). The Morgan fingerprint density at radius 2 is 1.87 bits per heavy atom. The molecule has 1 atom stereocenters. The lowest BCUT2D eigenvalue weighted by Gasteiger charge is -2.19. The third-order valence-electron chi connectivity index (χ3n) is 5.51. The minimum absolute atomic E-state index is 0.0665. The number of anilines is 3. The first-order chi connectivity index (χ1) is 14.8. The van der Waals surface area contributed by atoms with Crippen LogP contribution in [0.2, 0.25) is 0 Å². The zero-order valence-electron chi connectivity index (χ0n) is 16.9. The minimum atomic E-state index is -3.38. The molecule has 0 spiro atoms. The van der Waals surface area contributed by atoms with Crippen molar-refractivity contribution in [3.05, 3.63) is 42.5 Å². The third kappa shape index (κ3) is 4.35. The van der Waals surface area contributed by atoms with E-state index in [1.165, 1.54) is 22.5 Å². The molecule has 31 heavy (non-hydrogen) atoms. The number of nitrogens with one attached hydrogen (secondary N) is 1. The van der Waals surface area contributed by atoms with Crippen LogP contribution in [0.25, 0.3) is 0 Å². The Morgan fingerprint density at radius 3 is 2.52 bits per heavy atom. The molecule has 2 aliphatic rings. The van der Waals surface area contributed by atoms with Crippen molar-refractivity contribution in [2.45, 2.75) is 17.7 Å². The number of carbonyl (C=O) groups is 2. The monoisotopic (exact) mass is 461 g/mol. The highest BCUT2D eigenvalue weighted by Gasteiger charge is 2.35. The highest BCUT2D eigenvalue weighted by molar-refractivity contribution is 7.98. The van der Waals surface area contributed by atoms with Gasteiger partial charge in [-0.05, 0) is 55.1 Å². The average molecular weight is 462 g/mol. The van der Waals surface area contributed by atoms with Crippen LogP contribution in [0.3, 0.4) is 0 Å². The lowest BCUT2D eigenvalue weighted by molar-refractivity contribution is -0.122. The summed E-state index contributed by atoms with van der Waals surface area (Å²) in [5.41, 5.74) is 1.26. The van der Waals surface area contributed by atoms with E-state index in [0.29, 0.717) is 18.7 Å². The molecular weight excluding hydrogens is 438 g/mol. The van der Waals surface area contributed by atoms with Crippen molar-refractivity contribution in [1.29, 1.82) is 0 Å². The predicted molar refractivity (Wildman–Crippen MR) is 121 cm³/mol. The summed E-state index contributed by atoms with van der Waals surface area (Å²) in [5.74, 6) is -1.20. The quantitative estimate of drug-likeness (QED) is 0.524. The smallest absolute Gasteiger partial charge is 0.235 e. The number of sulfonamides is 1. The van der Waals surface area contributed by atoms with Crippen molar-refractivity contribution in [3.63, 3.8) is 0 Å². The number of hydrogen-bond acceptors (Lipinski definition) is 6. The van der Waals surface area contributed by atoms with Gasteiger partial charge in [-0.15, -0.1) is 11.8 Å². The number of thioether (sulfide) groups is 1.